The first-order valence-corrected chi connectivity index (χ1v) is 6.52. The number of hydrogen-bond donors (Lipinski definition) is 2. The average Bonchev–Trinajstić information content (AvgIpc) is 2.24. The highest BCUT2D eigenvalue weighted by Crippen LogP contribution is 2.26. The van der Waals surface area contributed by atoms with Gasteiger partial charge >= 0.3 is 12.1 Å². The summed E-state index contributed by atoms with van der Waals surface area (Å²) in [5.41, 5.74) is -0.611. The fourth-order valence-corrected chi connectivity index (χ4v) is 2.28. The quantitative estimate of drug-likeness (QED) is 0.814. The van der Waals surface area contributed by atoms with Crippen LogP contribution in [0, 0.1) is 5.92 Å². The van der Waals surface area contributed by atoms with Gasteiger partial charge in [0.2, 0.25) is 0 Å². The van der Waals surface area contributed by atoms with Crippen molar-refractivity contribution in [2.75, 3.05) is 0 Å². The summed E-state index contributed by atoms with van der Waals surface area (Å²) in [6.45, 7) is 5.26. The predicted molar refractivity (Wildman–Crippen MR) is 67.4 cm³/mol. The smallest absolute Gasteiger partial charge is 0.408 e. The maximum absolute atomic E-state index is 11.6. The summed E-state index contributed by atoms with van der Waals surface area (Å²) in [5.74, 6) is -0.962. The second-order valence-electron chi connectivity index (χ2n) is 5.86. The molecule has 1 atom stereocenters. The van der Waals surface area contributed by atoms with Gasteiger partial charge in [-0.1, -0.05) is 19.3 Å². The summed E-state index contributed by atoms with van der Waals surface area (Å²) >= 11 is 0. The predicted octanol–water partition coefficient (Wildman–Crippen LogP) is 2.54. The molecule has 0 saturated heterocycles. The lowest BCUT2D eigenvalue weighted by Crippen LogP contribution is -2.48. The molecule has 0 bridgehead atoms. The Morgan fingerprint density at radius 3 is 2.22 bits per heavy atom. The molecule has 0 aromatic heterocycles. The lowest BCUT2D eigenvalue weighted by atomic mass is 9.84. The highest BCUT2D eigenvalue weighted by molar-refractivity contribution is 5.80. The van der Waals surface area contributed by atoms with E-state index in [-0.39, 0.29) is 5.92 Å². The second kappa shape index (κ2) is 6.07. The van der Waals surface area contributed by atoms with Gasteiger partial charge in [-0.2, -0.15) is 0 Å². The molecule has 5 heteroatoms. The van der Waals surface area contributed by atoms with Gasteiger partial charge < -0.3 is 15.2 Å². The molecule has 104 valence electrons. The average molecular weight is 257 g/mol. The van der Waals surface area contributed by atoms with Crippen molar-refractivity contribution < 1.29 is 19.4 Å². The van der Waals surface area contributed by atoms with E-state index in [4.69, 9.17) is 4.74 Å². The van der Waals surface area contributed by atoms with Crippen LogP contribution in [-0.2, 0) is 9.53 Å². The largest absolute Gasteiger partial charge is 0.480 e. The maximum Gasteiger partial charge on any atom is 0.408 e. The molecule has 0 radical (unpaired) electrons. The molecule has 0 aliphatic heterocycles. The Balaban J connectivity index is 2.57. The Morgan fingerprint density at radius 2 is 1.78 bits per heavy atom. The molecule has 0 aromatic carbocycles. The van der Waals surface area contributed by atoms with E-state index in [0.29, 0.717) is 0 Å². The van der Waals surface area contributed by atoms with Crippen LogP contribution in [0.3, 0.4) is 0 Å². The van der Waals surface area contributed by atoms with Crippen molar-refractivity contribution in [2.45, 2.75) is 64.5 Å². The highest BCUT2D eigenvalue weighted by atomic mass is 16.6. The third kappa shape index (κ3) is 4.94. The summed E-state index contributed by atoms with van der Waals surface area (Å²) in [6, 6.07) is -0.833. The third-order valence-corrected chi connectivity index (χ3v) is 3.06. The molecular weight excluding hydrogens is 234 g/mol. The normalized spacial score (nSPS) is 19.1. The third-order valence-electron chi connectivity index (χ3n) is 3.06. The monoisotopic (exact) mass is 257 g/mol. The summed E-state index contributed by atoms with van der Waals surface area (Å²) in [5, 5.41) is 11.7. The van der Waals surface area contributed by atoms with Gasteiger partial charge in [-0.3, -0.25) is 0 Å². The van der Waals surface area contributed by atoms with Crippen molar-refractivity contribution in [2.24, 2.45) is 5.92 Å². The number of carboxylic acid groups (broad SMARTS) is 1. The zero-order chi connectivity index (χ0) is 13.8. The first-order valence-electron chi connectivity index (χ1n) is 6.52. The number of amides is 1. The number of alkyl carbamates (subject to hydrolysis) is 1. The summed E-state index contributed by atoms with van der Waals surface area (Å²) in [7, 11) is 0. The van der Waals surface area contributed by atoms with Crippen LogP contribution in [0.15, 0.2) is 0 Å². The van der Waals surface area contributed by atoms with Crippen molar-refractivity contribution in [3.8, 4) is 0 Å². The van der Waals surface area contributed by atoms with Gasteiger partial charge in [0, 0.05) is 0 Å². The Bertz CT molecular complexity index is 303. The molecule has 2 N–H and O–H groups in total. The van der Waals surface area contributed by atoms with Gasteiger partial charge in [0.25, 0.3) is 0 Å². The van der Waals surface area contributed by atoms with E-state index in [1.165, 1.54) is 0 Å². The zero-order valence-electron chi connectivity index (χ0n) is 11.4. The fraction of sp³-hybridized carbons (Fsp3) is 0.846. The van der Waals surface area contributed by atoms with Crippen LogP contribution in [0.5, 0.6) is 0 Å². The van der Waals surface area contributed by atoms with Crippen molar-refractivity contribution in [1.82, 2.24) is 5.32 Å². The van der Waals surface area contributed by atoms with Gasteiger partial charge in [0.1, 0.15) is 11.6 Å². The first kappa shape index (κ1) is 14.8. The molecule has 1 rings (SSSR count). The topological polar surface area (TPSA) is 75.6 Å². The number of carboxylic acids is 1. The maximum atomic E-state index is 11.6. The summed E-state index contributed by atoms with van der Waals surface area (Å²) < 4.78 is 5.10. The second-order valence-corrected chi connectivity index (χ2v) is 5.86. The fourth-order valence-electron chi connectivity index (χ4n) is 2.28. The molecule has 0 heterocycles. The molecule has 1 amide bonds. The minimum absolute atomic E-state index is 0.0174. The Morgan fingerprint density at radius 1 is 1.22 bits per heavy atom. The van der Waals surface area contributed by atoms with Crippen LogP contribution >= 0.6 is 0 Å². The van der Waals surface area contributed by atoms with Crippen LogP contribution in [-0.4, -0.2) is 28.8 Å². The molecule has 18 heavy (non-hydrogen) atoms. The van der Waals surface area contributed by atoms with Crippen molar-refractivity contribution in [1.29, 1.82) is 0 Å². The van der Waals surface area contributed by atoms with E-state index < -0.39 is 23.7 Å². The van der Waals surface area contributed by atoms with Gasteiger partial charge in [-0.05, 0) is 39.5 Å². The van der Waals surface area contributed by atoms with E-state index in [1.54, 1.807) is 20.8 Å². The molecule has 0 unspecified atom stereocenters. The van der Waals surface area contributed by atoms with Crippen LogP contribution in [0.25, 0.3) is 0 Å². The Labute approximate surface area is 108 Å². The standard InChI is InChI=1S/C13H23NO4/c1-13(2,3)18-12(17)14-10(11(15)16)9-7-5-4-6-8-9/h9-10H,4-8H2,1-3H3,(H,14,17)(H,15,16)/t10-/m1/s1. The summed E-state index contributed by atoms with van der Waals surface area (Å²) in [4.78, 5) is 22.8. The molecule has 5 nitrogen and oxygen atoms in total. The molecule has 1 saturated carbocycles. The number of nitrogens with one attached hydrogen (secondary N) is 1. The van der Waals surface area contributed by atoms with Gasteiger partial charge in [-0.15, -0.1) is 0 Å². The van der Waals surface area contributed by atoms with Crippen LogP contribution < -0.4 is 5.32 Å². The van der Waals surface area contributed by atoms with E-state index >= 15 is 0 Å². The van der Waals surface area contributed by atoms with E-state index in [0.717, 1.165) is 32.1 Å². The number of carbonyl (C=O) groups is 2. The van der Waals surface area contributed by atoms with Crippen LogP contribution in [0.1, 0.15) is 52.9 Å². The lowest BCUT2D eigenvalue weighted by Gasteiger charge is -2.29. The molecule has 0 aromatic rings. The molecule has 1 aliphatic carbocycles. The molecule has 0 spiro atoms. The Hall–Kier alpha value is -1.26. The number of rotatable bonds is 3. The number of carbonyl (C=O) groups excluding carboxylic acids is 1. The Kier molecular flexibility index (Phi) is 4.99. The summed E-state index contributed by atoms with van der Waals surface area (Å²) in [6.07, 6.45) is 4.27. The van der Waals surface area contributed by atoms with E-state index in [1.807, 2.05) is 0 Å². The van der Waals surface area contributed by atoms with Crippen molar-refractivity contribution in [3.05, 3.63) is 0 Å². The number of hydrogen-bond acceptors (Lipinski definition) is 3. The highest BCUT2D eigenvalue weighted by Gasteiger charge is 2.32. The first-order chi connectivity index (χ1) is 8.29. The number of ether oxygens (including phenoxy) is 1. The van der Waals surface area contributed by atoms with Crippen LogP contribution in [0.4, 0.5) is 4.79 Å². The molecular formula is C13H23NO4. The SMILES string of the molecule is CC(C)(C)OC(=O)N[C@@H](C(=O)O)C1CCCCC1. The van der Waals surface area contributed by atoms with E-state index in [9.17, 15) is 14.7 Å². The van der Waals surface area contributed by atoms with Crippen molar-refractivity contribution >= 4 is 12.1 Å². The van der Waals surface area contributed by atoms with Gasteiger partial charge in [0.05, 0.1) is 0 Å². The van der Waals surface area contributed by atoms with Gasteiger partial charge in [0.15, 0.2) is 0 Å². The molecule has 1 aliphatic rings. The minimum Gasteiger partial charge on any atom is -0.480 e. The zero-order valence-corrected chi connectivity index (χ0v) is 11.4. The minimum atomic E-state index is -0.979. The number of aliphatic carboxylic acids is 1. The van der Waals surface area contributed by atoms with Crippen LogP contribution in [0.2, 0.25) is 0 Å². The molecule has 1 fully saturated rings. The lowest BCUT2D eigenvalue weighted by molar-refractivity contribution is -0.141. The van der Waals surface area contributed by atoms with Crippen molar-refractivity contribution in [3.63, 3.8) is 0 Å². The van der Waals surface area contributed by atoms with E-state index in [2.05, 4.69) is 5.32 Å². The van der Waals surface area contributed by atoms with Gasteiger partial charge in [-0.25, -0.2) is 9.59 Å².